The van der Waals surface area contributed by atoms with E-state index >= 15 is 0 Å². The fraction of sp³-hybridized carbons (Fsp3) is 0.118. The van der Waals surface area contributed by atoms with E-state index in [2.05, 4.69) is 41.4 Å². The molecule has 0 saturated heterocycles. The number of aromatic nitrogens is 1. The molecule has 0 atom stereocenters. The van der Waals surface area contributed by atoms with Gasteiger partial charge in [-0.3, -0.25) is 0 Å². The van der Waals surface area contributed by atoms with Crippen LogP contribution in [0.2, 0.25) is 0 Å². The van der Waals surface area contributed by atoms with Gasteiger partial charge in [0.2, 0.25) is 0 Å². The van der Waals surface area contributed by atoms with E-state index in [1.165, 1.54) is 11.1 Å². The average molecular weight is 249 g/mol. The highest BCUT2D eigenvalue weighted by atomic mass is 16.3. The summed E-state index contributed by atoms with van der Waals surface area (Å²) in [5.41, 5.74) is 4.13. The van der Waals surface area contributed by atoms with Crippen LogP contribution < -0.4 is 0 Å². The average Bonchev–Trinajstić information content (AvgIpc) is 2.42. The fourth-order valence-electron chi connectivity index (χ4n) is 2.24. The molecule has 0 spiro atoms. The Balaban J connectivity index is 2.00. The quantitative estimate of drug-likeness (QED) is 0.748. The maximum absolute atomic E-state index is 9.66. The monoisotopic (exact) mass is 249 g/mol. The van der Waals surface area contributed by atoms with Crippen molar-refractivity contribution < 1.29 is 5.11 Å². The largest absolute Gasteiger partial charge is 0.506 e. The minimum Gasteiger partial charge on any atom is -0.506 e. The third-order valence-corrected chi connectivity index (χ3v) is 3.30. The van der Waals surface area contributed by atoms with Crippen LogP contribution in [0, 0.1) is 6.92 Å². The first-order chi connectivity index (χ1) is 9.22. The molecule has 0 aliphatic heterocycles. The standard InChI is InChI=1S/C17H15NO/c1-12-17(19)11-15-8-7-14(10-16(15)18-12)9-13-5-3-2-4-6-13/h2-8,10-11,19H,9H2,1H3. The Bertz CT molecular complexity index is 720. The molecule has 1 heterocycles. The molecule has 3 rings (SSSR count). The van der Waals surface area contributed by atoms with E-state index in [4.69, 9.17) is 0 Å². The molecular formula is C17H15NO. The van der Waals surface area contributed by atoms with Crippen molar-refractivity contribution in [1.29, 1.82) is 0 Å². The second kappa shape index (κ2) is 4.73. The van der Waals surface area contributed by atoms with Crippen molar-refractivity contribution in [1.82, 2.24) is 4.98 Å². The van der Waals surface area contributed by atoms with Gasteiger partial charge in [0.1, 0.15) is 5.75 Å². The molecule has 0 saturated carbocycles. The molecule has 94 valence electrons. The van der Waals surface area contributed by atoms with Gasteiger partial charge >= 0.3 is 0 Å². The zero-order chi connectivity index (χ0) is 13.2. The van der Waals surface area contributed by atoms with E-state index in [0.29, 0.717) is 5.69 Å². The number of benzene rings is 2. The lowest BCUT2D eigenvalue weighted by molar-refractivity contribution is 0.469. The number of hydrogen-bond acceptors (Lipinski definition) is 2. The molecule has 1 N–H and O–H groups in total. The first-order valence-corrected chi connectivity index (χ1v) is 6.35. The zero-order valence-corrected chi connectivity index (χ0v) is 10.8. The predicted molar refractivity (Wildman–Crippen MR) is 77.4 cm³/mol. The molecule has 0 fully saturated rings. The van der Waals surface area contributed by atoms with E-state index < -0.39 is 0 Å². The Morgan fingerprint density at radius 2 is 1.74 bits per heavy atom. The van der Waals surface area contributed by atoms with Gasteiger partial charge < -0.3 is 5.11 Å². The van der Waals surface area contributed by atoms with E-state index in [1.54, 1.807) is 6.07 Å². The fourth-order valence-corrected chi connectivity index (χ4v) is 2.24. The molecule has 1 aromatic heterocycles. The molecule has 2 nitrogen and oxygen atoms in total. The number of aromatic hydroxyl groups is 1. The van der Waals surface area contributed by atoms with Gasteiger partial charge in [-0.05, 0) is 36.6 Å². The summed E-state index contributed by atoms with van der Waals surface area (Å²) in [6.45, 7) is 1.82. The highest BCUT2D eigenvalue weighted by Crippen LogP contribution is 2.23. The maximum Gasteiger partial charge on any atom is 0.137 e. The summed E-state index contributed by atoms with van der Waals surface area (Å²) >= 11 is 0. The van der Waals surface area contributed by atoms with Gasteiger partial charge in [-0.2, -0.15) is 0 Å². The van der Waals surface area contributed by atoms with Crippen molar-refractivity contribution in [2.75, 3.05) is 0 Å². The molecule has 0 radical (unpaired) electrons. The van der Waals surface area contributed by atoms with E-state index in [0.717, 1.165) is 17.3 Å². The molecule has 3 aromatic rings. The number of fused-ring (bicyclic) bond motifs is 1. The topological polar surface area (TPSA) is 33.1 Å². The Morgan fingerprint density at radius 1 is 0.947 bits per heavy atom. The smallest absolute Gasteiger partial charge is 0.137 e. The van der Waals surface area contributed by atoms with Gasteiger partial charge in [-0.1, -0.05) is 42.5 Å². The molecule has 0 bridgehead atoms. The second-order valence-electron chi connectivity index (χ2n) is 4.78. The summed E-state index contributed by atoms with van der Waals surface area (Å²) in [6.07, 6.45) is 0.901. The van der Waals surface area contributed by atoms with Crippen LogP contribution in [0.15, 0.2) is 54.6 Å². The van der Waals surface area contributed by atoms with Gasteiger partial charge in [0.15, 0.2) is 0 Å². The molecule has 19 heavy (non-hydrogen) atoms. The van der Waals surface area contributed by atoms with Crippen LogP contribution in [-0.2, 0) is 6.42 Å². The van der Waals surface area contributed by atoms with Crippen LogP contribution in [0.4, 0.5) is 0 Å². The minimum atomic E-state index is 0.253. The highest BCUT2D eigenvalue weighted by Gasteiger charge is 2.03. The maximum atomic E-state index is 9.66. The predicted octanol–water partition coefficient (Wildman–Crippen LogP) is 3.84. The number of aryl methyl sites for hydroxylation is 1. The molecule has 0 aliphatic carbocycles. The molecule has 2 aromatic carbocycles. The Kier molecular flexibility index (Phi) is 2.92. The van der Waals surface area contributed by atoms with Crippen LogP contribution in [-0.4, -0.2) is 10.1 Å². The van der Waals surface area contributed by atoms with Crippen LogP contribution in [0.3, 0.4) is 0 Å². The second-order valence-corrected chi connectivity index (χ2v) is 4.78. The van der Waals surface area contributed by atoms with Crippen LogP contribution in [0.25, 0.3) is 10.9 Å². The van der Waals surface area contributed by atoms with Crippen molar-refractivity contribution in [3.05, 3.63) is 71.4 Å². The third-order valence-electron chi connectivity index (χ3n) is 3.30. The molecule has 0 amide bonds. The van der Waals surface area contributed by atoms with Gasteiger partial charge in [-0.25, -0.2) is 4.98 Å². The van der Waals surface area contributed by atoms with Crippen molar-refractivity contribution in [3.63, 3.8) is 0 Å². The number of hydrogen-bond donors (Lipinski definition) is 1. The molecule has 2 heteroatoms. The van der Waals surface area contributed by atoms with Crippen molar-refractivity contribution in [2.45, 2.75) is 13.3 Å². The number of pyridine rings is 1. The van der Waals surface area contributed by atoms with Gasteiger partial charge in [0.05, 0.1) is 11.2 Å². The Hall–Kier alpha value is -2.35. The third kappa shape index (κ3) is 2.43. The van der Waals surface area contributed by atoms with Crippen LogP contribution >= 0.6 is 0 Å². The van der Waals surface area contributed by atoms with Gasteiger partial charge in [0.25, 0.3) is 0 Å². The summed E-state index contributed by atoms with van der Waals surface area (Å²) in [5, 5.41) is 10.6. The first kappa shape index (κ1) is 11.7. The highest BCUT2D eigenvalue weighted by molar-refractivity contribution is 5.81. The molecular weight excluding hydrogens is 234 g/mol. The summed E-state index contributed by atoms with van der Waals surface area (Å²) in [7, 11) is 0. The van der Waals surface area contributed by atoms with Crippen molar-refractivity contribution >= 4 is 10.9 Å². The van der Waals surface area contributed by atoms with Gasteiger partial charge in [-0.15, -0.1) is 0 Å². The lowest BCUT2D eigenvalue weighted by atomic mass is 10.0. The Labute approximate surface area is 112 Å². The van der Waals surface area contributed by atoms with Crippen molar-refractivity contribution in [2.24, 2.45) is 0 Å². The molecule has 0 unspecified atom stereocenters. The number of rotatable bonds is 2. The van der Waals surface area contributed by atoms with Crippen molar-refractivity contribution in [3.8, 4) is 5.75 Å². The normalized spacial score (nSPS) is 10.8. The first-order valence-electron chi connectivity index (χ1n) is 6.35. The Morgan fingerprint density at radius 3 is 2.53 bits per heavy atom. The SMILES string of the molecule is Cc1nc2cc(Cc3ccccc3)ccc2cc1O. The summed E-state index contributed by atoms with van der Waals surface area (Å²) in [6, 6.07) is 18.3. The lowest BCUT2D eigenvalue weighted by Gasteiger charge is -2.06. The summed E-state index contributed by atoms with van der Waals surface area (Å²) in [4.78, 5) is 4.43. The van der Waals surface area contributed by atoms with Crippen LogP contribution in [0.1, 0.15) is 16.8 Å². The summed E-state index contributed by atoms with van der Waals surface area (Å²) < 4.78 is 0. The van der Waals surface area contributed by atoms with Crippen LogP contribution in [0.5, 0.6) is 5.75 Å². The van der Waals surface area contributed by atoms with E-state index in [1.807, 2.05) is 19.1 Å². The summed E-state index contributed by atoms with van der Waals surface area (Å²) in [5.74, 6) is 0.253. The lowest BCUT2D eigenvalue weighted by Crippen LogP contribution is -1.90. The van der Waals surface area contributed by atoms with E-state index in [9.17, 15) is 5.11 Å². The zero-order valence-electron chi connectivity index (χ0n) is 10.8. The van der Waals surface area contributed by atoms with E-state index in [-0.39, 0.29) is 5.75 Å². The molecule has 0 aliphatic rings. The number of nitrogens with zero attached hydrogens (tertiary/aromatic N) is 1. The minimum absolute atomic E-state index is 0.253. The van der Waals surface area contributed by atoms with Gasteiger partial charge in [0, 0.05) is 5.39 Å².